The van der Waals surface area contributed by atoms with E-state index in [0.717, 1.165) is 0 Å². The Hall–Kier alpha value is -1.36. The fourth-order valence-electron chi connectivity index (χ4n) is 0.811. The minimum absolute atomic E-state index is 0.119. The minimum atomic E-state index is -1.09. The number of carboxylic acids is 1. The average molecular weight is 170 g/mol. The molecule has 1 heterocycles. The first kappa shape index (κ1) is 8.73. The van der Waals surface area contributed by atoms with Crippen LogP contribution in [0.5, 0.6) is 0 Å². The van der Waals surface area contributed by atoms with Crippen molar-refractivity contribution in [3.05, 3.63) is 17.5 Å². The molecule has 0 fully saturated rings. The van der Waals surface area contributed by atoms with Crippen molar-refractivity contribution < 1.29 is 14.4 Å². The van der Waals surface area contributed by atoms with Gasteiger partial charge in [0.1, 0.15) is 0 Å². The highest BCUT2D eigenvalue weighted by Gasteiger charge is 2.10. The number of hydrogen-bond donors (Lipinski definition) is 1. The lowest BCUT2D eigenvalue weighted by Gasteiger charge is -2.03. The van der Waals surface area contributed by atoms with Crippen LogP contribution < -0.4 is 0 Å². The molecule has 0 radical (unpaired) electrons. The Balaban J connectivity index is 2.71. The van der Waals surface area contributed by atoms with Gasteiger partial charge < -0.3 is 14.5 Å². The fourth-order valence-corrected chi connectivity index (χ4v) is 0.811. The number of aromatic carboxylic acids is 1. The highest BCUT2D eigenvalue weighted by atomic mass is 16.5. The van der Waals surface area contributed by atoms with Gasteiger partial charge in [-0.15, -0.1) is 0 Å². The predicted octanol–water partition coefficient (Wildman–Crippen LogP) is 0.434. The zero-order chi connectivity index (χ0) is 9.14. The standard InChI is InChI=1S/C7H10N2O3/c1-9(2)4-5-3-6(7(10)11)12-8-5/h3H,4H2,1-2H3,(H,10,11). The third-order valence-electron chi connectivity index (χ3n) is 1.25. The Morgan fingerprint density at radius 2 is 2.42 bits per heavy atom. The molecule has 1 aromatic heterocycles. The smallest absolute Gasteiger partial charge is 0.374 e. The molecule has 5 nitrogen and oxygen atoms in total. The van der Waals surface area contributed by atoms with Gasteiger partial charge in [-0.3, -0.25) is 0 Å². The molecule has 0 aliphatic heterocycles. The number of nitrogens with zero attached hydrogens (tertiary/aromatic N) is 2. The molecule has 0 aromatic carbocycles. The molecule has 1 N–H and O–H groups in total. The SMILES string of the molecule is CN(C)Cc1cc(C(=O)O)on1. The zero-order valence-corrected chi connectivity index (χ0v) is 6.94. The van der Waals surface area contributed by atoms with E-state index < -0.39 is 5.97 Å². The van der Waals surface area contributed by atoms with Crippen molar-refractivity contribution in [2.45, 2.75) is 6.54 Å². The summed E-state index contributed by atoms with van der Waals surface area (Å²) < 4.78 is 4.55. The molecule has 0 aliphatic carbocycles. The number of carbonyl (C=O) groups is 1. The molecule has 0 saturated carbocycles. The summed E-state index contributed by atoms with van der Waals surface area (Å²) in [5.41, 5.74) is 0.623. The van der Waals surface area contributed by atoms with Crippen molar-refractivity contribution >= 4 is 5.97 Å². The second kappa shape index (κ2) is 3.36. The molecule has 0 aliphatic rings. The third-order valence-corrected chi connectivity index (χ3v) is 1.25. The molecule has 0 bridgehead atoms. The van der Waals surface area contributed by atoms with Crippen LogP contribution >= 0.6 is 0 Å². The van der Waals surface area contributed by atoms with E-state index in [1.54, 1.807) is 0 Å². The average Bonchev–Trinajstić information content (AvgIpc) is 2.34. The summed E-state index contributed by atoms with van der Waals surface area (Å²) in [5.74, 6) is -1.21. The highest BCUT2D eigenvalue weighted by Crippen LogP contribution is 2.04. The lowest BCUT2D eigenvalue weighted by Crippen LogP contribution is -2.10. The van der Waals surface area contributed by atoms with Crippen molar-refractivity contribution in [3.63, 3.8) is 0 Å². The lowest BCUT2D eigenvalue weighted by atomic mass is 10.3. The van der Waals surface area contributed by atoms with Crippen LogP contribution in [0.3, 0.4) is 0 Å². The van der Waals surface area contributed by atoms with E-state index in [1.807, 2.05) is 19.0 Å². The van der Waals surface area contributed by atoms with Gasteiger partial charge in [0.15, 0.2) is 0 Å². The molecule has 0 saturated heterocycles. The maximum Gasteiger partial charge on any atom is 0.374 e. The summed E-state index contributed by atoms with van der Waals surface area (Å²) in [5, 5.41) is 12.1. The highest BCUT2D eigenvalue weighted by molar-refractivity contribution is 5.84. The van der Waals surface area contributed by atoms with Gasteiger partial charge in [-0.25, -0.2) is 4.79 Å². The van der Waals surface area contributed by atoms with E-state index in [0.29, 0.717) is 12.2 Å². The third kappa shape index (κ3) is 2.06. The summed E-state index contributed by atoms with van der Waals surface area (Å²) in [4.78, 5) is 12.2. The molecule has 1 aromatic rings. The Morgan fingerprint density at radius 3 is 2.83 bits per heavy atom. The van der Waals surface area contributed by atoms with Crippen LogP contribution in [0.4, 0.5) is 0 Å². The van der Waals surface area contributed by atoms with Crippen molar-refractivity contribution in [2.75, 3.05) is 14.1 Å². The second-order valence-electron chi connectivity index (χ2n) is 2.73. The molecular weight excluding hydrogens is 160 g/mol. The van der Waals surface area contributed by atoms with Gasteiger partial charge in [-0.1, -0.05) is 5.16 Å². The number of carboxylic acid groups (broad SMARTS) is 1. The molecule has 5 heteroatoms. The molecular formula is C7H10N2O3. The van der Waals surface area contributed by atoms with Crippen LogP contribution in [0.25, 0.3) is 0 Å². The van der Waals surface area contributed by atoms with Gasteiger partial charge in [0.2, 0.25) is 5.76 Å². The number of aromatic nitrogens is 1. The molecule has 0 unspecified atom stereocenters. The van der Waals surface area contributed by atoms with E-state index in [9.17, 15) is 4.79 Å². The van der Waals surface area contributed by atoms with E-state index in [2.05, 4.69) is 9.68 Å². The molecule has 12 heavy (non-hydrogen) atoms. The van der Waals surface area contributed by atoms with Gasteiger partial charge in [0.25, 0.3) is 0 Å². The molecule has 66 valence electrons. The quantitative estimate of drug-likeness (QED) is 0.712. The maximum absolute atomic E-state index is 10.4. The molecule has 1 rings (SSSR count). The largest absolute Gasteiger partial charge is 0.475 e. The van der Waals surface area contributed by atoms with Crippen molar-refractivity contribution in [1.29, 1.82) is 0 Å². The molecule has 0 amide bonds. The fraction of sp³-hybridized carbons (Fsp3) is 0.429. The van der Waals surface area contributed by atoms with E-state index in [4.69, 9.17) is 5.11 Å². The van der Waals surface area contributed by atoms with Gasteiger partial charge in [-0.05, 0) is 14.1 Å². The summed E-state index contributed by atoms with van der Waals surface area (Å²) >= 11 is 0. The van der Waals surface area contributed by atoms with Gasteiger partial charge in [0, 0.05) is 12.6 Å². The van der Waals surface area contributed by atoms with Crippen LogP contribution in [0, 0.1) is 0 Å². The van der Waals surface area contributed by atoms with Crippen LogP contribution in [0.1, 0.15) is 16.2 Å². The first-order valence-electron chi connectivity index (χ1n) is 3.43. The van der Waals surface area contributed by atoms with Gasteiger partial charge in [0.05, 0.1) is 5.69 Å². The zero-order valence-electron chi connectivity index (χ0n) is 6.94. The van der Waals surface area contributed by atoms with Crippen molar-refractivity contribution in [1.82, 2.24) is 10.1 Å². The van der Waals surface area contributed by atoms with Gasteiger partial charge in [-0.2, -0.15) is 0 Å². The Labute approximate surface area is 69.6 Å². The minimum Gasteiger partial charge on any atom is -0.475 e. The van der Waals surface area contributed by atoms with Gasteiger partial charge >= 0.3 is 5.97 Å². The normalized spacial score (nSPS) is 10.6. The van der Waals surface area contributed by atoms with E-state index in [1.165, 1.54) is 6.07 Å². The molecule has 0 atom stereocenters. The Bertz CT molecular complexity index is 280. The Morgan fingerprint density at radius 1 is 1.75 bits per heavy atom. The maximum atomic E-state index is 10.4. The lowest BCUT2D eigenvalue weighted by molar-refractivity contribution is 0.0652. The van der Waals surface area contributed by atoms with Crippen LogP contribution in [-0.4, -0.2) is 35.2 Å². The van der Waals surface area contributed by atoms with Crippen LogP contribution in [0.2, 0.25) is 0 Å². The number of hydrogen-bond acceptors (Lipinski definition) is 4. The van der Waals surface area contributed by atoms with Crippen LogP contribution in [0.15, 0.2) is 10.6 Å². The first-order chi connectivity index (χ1) is 5.59. The van der Waals surface area contributed by atoms with Crippen molar-refractivity contribution in [2.24, 2.45) is 0 Å². The molecule has 0 spiro atoms. The summed E-state index contributed by atoms with van der Waals surface area (Å²) in [6.07, 6.45) is 0. The monoisotopic (exact) mass is 170 g/mol. The first-order valence-corrected chi connectivity index (χ1v) is 3.43. The number of rotatable bonds is 3. The summed E-state index contributed by atoms with van der Waals surface area (Å²) in [7, 11) is 3.74. The van der Waals surface area contributed by atoms with E-state index >= 15 is 0 Å². The second-order valence-corrected chi connectivity index (χ2v) is 2.73. The van der Waals surface area contributed by atoms with Crippen molar-refractivity contribution in [3.8, 4) is 0 Å². The van der Waals surface area contributed by atoms with E-state index in [-0.39, 0.29) is 5.76 Å². The summed E-state index contributed by atoms with van der Waals surface area (Å²) in [6.45, 7) is 0.580. The summed E-state index contributed by atoms with van der Waals surface area (Å²) in [6, 6.07) is 1.42. The Kier molecular flexibility index (Phi) is 2.44. The topological polar surface area (TPSA) is 66.6 Å². The van der Waals surface area contributed by atoms with Crippen LogP contribution in [-0.2, 0) is 6.54 Å². The predicted molar refractivity (Wildman–Crippen MR) is 40.9 cm³/mol.